The van der Waals surface area contributed by atoms with E-state index in [2.05, 4.69) is 15.1 Å². The second kappa shape index (κ2) is 5.97. The molecule has 18 heavy (non-hydrogen) atoms. The van der Waals surface area contributed by atoms with Crippen LogP contribution in [0.15, 0.2) is 34.9 Å². The average Bonchev–Trinajstić information content (AvgIpc) is 2.91. The van der Waals surface area contributed by atoms with Crippen LogP contribution in [0.25, 0.3) is 0 Å². The van der Waals surface area contributed by atoms with Crippen molar-refractivity contribution in [2.24, 2.45) is 10.9 Å². The summed E-state index contributed by atoms with van der Waals surface area (Å²) in [7, 11) is 0. The highest BCUT2D eigenvalue weighted by Gasteiger charge is 2.04. The topological polar surface area (TPSA) is 93.6 Å². The molecule has 2 aromatic rings. The lowest BCUT2D eigenvalue weighted by Crippen LogP contribution is -2.16. The third kappa shape index (κ3) is 3.17. The van der Waals surface area contributed by atoms with Crippen LogP contribution in [0.1, 0.15) is 10.6 Å². The first-order valence-corrected chi connectivity index (χ1v) is 6.13. The number of nitrogens with two attached hydrogens (primary N) is 1. The maximum Gasteiger partial charge on any atom is 0.317 e. The SMILES string of the molecule is N/C(=N/O)c1ccnc(OCCc2cccs2)n1. The van der Waals surface area contributed by atoms with Crippen LogP contribution in [0.3, 0.4) is 0 Å². The molecule has 6 nitrogen and oxygen atoms in total. The minimum Gasteiger partial charge on any atom is -0.463 e. The first kappa shape index (κ1) is 12.3. The number of oxime groups is 1. The summed E-state index contributed by atoms with van der Waals surface area (Å²) in [6.45, 7) is 0.486. The molecule has 7 heteroatoms. The second-order valence-corrected chi connectivity index (χ2v) is 4.42. The summed E-state index contributed by atoms with van der Waals surface area (Å²) in [5, 5.41) is 13.4. The van der Waals surface area contributed by atoms with Gasteiger partial charge in [0.1, 0.15) is 5.69 Å². The number of thiophene rings is 1. The summed E-state index contributed by atoms with van der Waals surface area (Å²) >= 11 is 1.68. The highest BCUT2D eigenvalue weighted by Crippen LogP contribution is 2.10. The van der Waals surface area contributed by atoms with Crippen molar-refractivity contribution in [2.45, 2.75) is 6.42 Å². The summed E-state index contributed by atoms with van der Waals surface area (Å²) in [5.74, 6) is -0.0690. The molecule has 2 aromatic heterocycles. The van der Waals surface area contributed by atoms with Gasteiger partial charge in [-0.25, -0.2) is 4.98 Å². The monoisotopic (exact) mass is 264 g/mol. The van der Waals surface area contributed by atoms with Gasteiger partial charge in [-0.05, 0) is 17.5 Å². The predicted octanol–water partition coefficient (Wildman–Crippen LogP) is 1.25. The Morgan fingerprint density at radius 3 is 3.11 bits per heavy atom. The van der Waals surface area contributed by atoms with Crippen molar-refractivity contribution in [3.63, 3.8) is 0 Å². The molecule has 0 atom stereocenters. The largest absolute Gasteiger partial charge is 0.463 e. The van der Waals surface area contributed by atoms with Crippen molar-refractivity contribution < 1.29 is 9.94 Å². The Bertz CT molecular complexity index is 528. The van der Waals surface area contributed by atoms with E-state index in [1.165, 1.54) is 11.1 Å². The summed E-state index contributed by atoms with van der Waals surface area (Å²) < 4.78 is 5.41. The molecule has 0 radical (unpaired) electrons. The zero-order valence-corrected chi connectivity index (χ0v) is 10.3. The normalized spacial score (nSPS) is 11.4. The minimum atomic E-state index is -0.0690. The maximum absolute atomic E-state index is 8.54. The van der Waals surface area contributed by atoms with E-state index in [-0.39, 0.29) is 11.8 Å². The van der Waals surface area contributed by atoms with Gasteiger partial charge in [-0.2, -0.15) is 4.98 Å². The summed E-state index contributed by atoms with van der Waals surface area (Å²) in [4.78, 5) is 9.21. The van der Waals surface area contributed by atoms with E-state index >= 15 is 0 Å². The van der Waals surface area contributed by atoms with Crippen LogP contribution in [0, 0.1) is 0 Å². The number of hydrogen-bond acceptors (Lipinski definition) is 6. The molecule has 94 valence electrons. The highest BCUT2D eigenvalue weighted by atomic mass is 32.1. The van der Waals surface area contributed by atoms with E-state index < -0.39 is 0 Å². The Hall–Kier alpha value is -2.15. The average molecular weight is 264 g/mol. The molecule has 0 amide bonds. The van der Waals surface area contributed by atoms with E-state index in [0.29, 0.717) is 12.3 Å². The maximum atomic E-state index is 8.54. The fraction of sp³-hybridized carbons (Fsp3) is 0.182. The third-order valence-electron chi connectivity index (χ3n) is 2.16. The Labute approximate surface area is 108 Å². The van der Waals surface area contributed by atoms with E-state index in [1.54, 1.807) is 17.4 Å². The zero-order chi connectivity index (χ0) is 12.8. The molecule has 0 saturated heterocycles. The fourth-order valence-corrected chi connectivity index (χ4v) is 1.99. The van der Waals surface area contributed by atoms with Gasteiger partial charge in [0, 0.05) is 17.5 Å². The Kier molecular flexibility index (Phi) is 4.08. The van der Waals surface area contributed by atoms with Crippen LogP contribution >= 0.6 is 11.3 Å². The van der Waals surface area contributed by atoms with Gasteiger partial charge in [-0.3, -0.25) is 0 Å². The van der Waals surface area contributed by atoms with Crippen LogP contribution in [0.4, 0.5) is 0 Å². The van der Waals surface area contributed by atoms with Crippen molar-refractivity contribution in [1.29, 1.82) is 0 Å². The van der Waals surface area contributed by atoms with Gasteiger partial charge in [-0.1, -0.05) is 11.2 Å². The lowest BCUT2D eigenvalue weighted by atomic mass is 10.4. The lowest BCUT2D eigenvalue weighted by molar-refractivity contribution is 0.296. The Morgan fingerprint density at radius 2 is 2.39 bits per heavy atom. The molecule has 0 saturated carbocycles. The van der Waals surface area contributed by atoms with Gasteiger partial charge in [-0.15, -0.1) is 11.3 Å². The third-order valence-corrected chi connectivity index (χ3v) is 3.10. The van der Waals surface area contributed by atoms with Gasteiger partial charge in [0.15, 0.2) is 5.84 Å². The molecule has 2 heterocycles. The quantitative estimate of drug-likeness (QED) is 0.367. The van der Waals surface area contributed by atoms with Crippen molar-refractivity contribution in [1.82, 2.24) is 9.97 Å². The van der Waals surface area contributed by atoms with Gasteiger partial charge >= 0.3 is 6.01 Å². The number of ether oxygens (including phenoxy) is 1. The summed E-state index contributed by atoms with van der Waals surface area (Å²) in [5.41, 5.74) is 5.76. The molecule has 3 N–H and O–H groups in total. The number of nitrogens with zero attached hydrogens (tertiary/aromatic N) is 3. The molecule has 0 aliphatic rings. The molecule has 0 aliphatic heterocycles. The Morgan fingerprint density at radius 1 is 1.50 bits per heavy atom. The number of aromatic nitrogens is 2. The molecule has 0 spiro atoms. The summed E-state index contributed by atoms with van der Waals surface area (Å²) in [6.07, 6.45) is 2.30. The number of rotatable bonds is 5. The Balaban J connectivity index is 1.93. The van der Waals surface area contributed by atoms with Crippen molar-refractivity contribution in [3.05, 3.63) is 40.3 Å². The van der Waals surface area contributed by atoms with Crippen LogP contribution in [0.5, 0.6) is 6.01 Å². The second-order valence-electron chi connectivity index (χ2n) is 3.39. The van der Waals surface area contributed by atoms with Crippen molar-refractivity contribution in [3.8, 4) is 6.01 Å². The molecular weight excluding hydrogens is 252 g/mol. The molecule has 0 unspecified atom stereocenters. The zero-order valence-electron chi connectivity index (χ0n) is 9.48. The predicted molar refractivity (Wildman–Crippen MR) is 68.1 cm³/mol. The van der Waals surface area contributed by atoms with Crippen molar-refractivity contribution in [2.75, 3.05) is 6.61 Å². The van der Waals surface area contributed by atoms with Gasteiger partial charge in [0.2, 0.25) is 0 Å². The number of hydrogen-bond donors (Lipinski definition) is 2. The smallest absolute Gasteiger partial charge is 0.317 e. The van der Waals surface area contributed by atoms with Gasteiger partial charge in [0.05, 0.1) is 6.61 Å². The van der Waals surface area contributed by atoms with E-state index in [4.69, 9.17) is 15.7 Å². The molecule has 2 rings (SSSR count). The molecule has 0 bridgehead atoms. The van der Waals surface area contributed by atoms with Crippen LogP contribution < -0.4 is 10.5 Å². The van der Waals surface area contributed by atoms with E-state index in [1.807, 2.05) is 17.5 Å². The summed E-state index contributed by atoms with van der Waals surface area (Å²) in [6, 6.07) is 5.80. The van der Waals surface area contributed by atoms with Gasteiger partial charge < -0.3 is 15.7 Å². The molecule has 0 fully saturated rings. The highest BCUT2D eigenvalue weighted by molar-refractivity contribution is 7.09. The lowest BCUT2D eigenvalue weighted by Gasteiger charge is -2.04. The standard InChI is InChI=1S/C11H12N4O2S/c12-10(15-16)9-3-5-13-11(14-9)17-6-4-8-2-1-7-18-8/h1-3,5,7,16H,4,6H2,(H2,12,15). The van der Waals surface area contributed by atoms with Crippen molar-refractivity contribution >= 4 is 17.2 Å². The van der Waals surface area contributed by atoms with E-state index in [0.717, 1.165) is 6.42 Å². The molecular formula is C11H12N4O2S. The van der Waals surface area contributed by atoms with Crippen LogP contribution in [0.2, 0.25) is 0 Å². The molecule has 0 aromatic carbocycles. The molecule has 0 aliphatic carbocycles. The fourth-order valence-electron chi connectivity index (χ4n) is 1.30. The first-order valence-electron chi connectivity index (χ1n) is 5.25. The first-order chi connectivity index (χ1) is 8.79. The minimum absolute atomic E-state index is 0.0690. The van der Waals surface area contributed by atoms with Crippen LogP contribution in [-0.4, -0.2) is 27.6 Å². The van der Waals surface area contributed by atoms with Gasteiger partial charge in [0.25, 0.3) is 0 Å². The van der Waals surface area contributed by atoms with E-state index in [9.17, 15) is 0 Å². The number of amidine groups is 1. The van der Waals surface area contributed by atoms with Crippen LogP contribution in [-0.2, 0) is 6.42 Å².